The number of carbonyl (C=O) groups excluding carboxylic acids is 1. The quantitative estimate of drug-likeness (QED) is 0.737. The fourth-order valence-corrected chi connectivity index (χ4v) is 2.91. The van der Waals surface area contributed by atoms with Crippen LogP contribution in [0.25, 0.3) is 0 Å². The highest BCUT2D eigenvalue weighted by Gasteiger charge is 2.24. The molecule has 6 heteroatoms. The molecule has 1 atom stereocenters. The van der Waals surface area contributed by atoms with Crippen LogP contribution in [0.3, 0.4) is 0 Å². The van der Waals surface area contributed by atoms with Crippen LogP contribution in [0, 0.1) is 5.92 Å². The number of H-pyrrole nitrogens is 1. The molecule has 1 amide bonds. The molecule has 1 saturated heterocycles. The third kappa shape index (κ3) is 4.04. The van der Waals surface area contributed by atoms with Crippen molar-refractivity contribution >= 4 is 5.91 Å². The molecule has 2 fully saturated rings. The van der Waals surface area contributed by atoms with Gasteiger partial charge in [-0.05, 0) is 44.2 Å². The van der Waals surface area contributed by atoms with Crippen LogP contribution in [0.15, 0.2) is 6.07 Å². The molecule has 1 unspecified atom stereocenters. The van der Waals surface area contributed by atoms with Gasteiger partial charge in [0.05, 0.1) is 6.61 Å². The van der Waals surface area contributed by atoms with Gasteiger partial charge in [0, 0.05) is 31.3 Å². The van der Waals surface area contributed by atoms with Crippen LogP contribution in [-0.2, 0) is 4.74 Å². The second-order valence-electron chi connectivity index (χ2n) is 6.23. The first-order valence-corrected chi connectivity index (χ1v) is 7.87. The Morgan fingerprint density at radius 1 is 1.48 bits per heavy atom. The Balaban J connectivity index is 1.46. The number of hydrogen-bond donors (Lipinski definition) is 2. The molecule has 0 aromatic carbocycles. The number of amides is 1. The van der Waals surface area contributed by atoms with Gasteiger partial charge in [-0.2, -0.15) is 5.10 Å². The maximum atomic E-state index is 11.1. The predicted octanol–water partition coefficient (Wildman–Crippen LogP) is 1.11. The summed E-state index contributed by atoms with van der Waals surface area (Å²) in [7, 11) is 0. The second kappa shape index (κ2) is 6.58. The van der Waals surface area contributed by atoms with E-state index in [1.54, 1.807) is 6.07 Å². The Morgan fingerprint density at radius 2 is 2.33 bits per heavy atom. The summed E-state index contributed by atoms with van der Waals surface area (Å²) in [5, 5.41) is 6.93. The van der Waals surface area contributed by atoms with Gasteiger partial charge >= 0.3 is 0 Å². The Morgan fingerprint density at radius 3 is 3.05 bits per heavy atom. The van der Waals surface area contributed by atoms with Gasteiger partial charge in [-0.15, -0.1) is 0 Å². The standard InChI is InChI=1S/C15H24N4O2/c16-15(20)14-8-13(17-18-14)12-2-1-5-19(9-12)6-7-21-10-11-3-4-11/h8,11-12H,1-7,9-10H2,(H2,16,20)(H,17,18). The molecule has 1 aliphatic carbocycles. The molecule has 0 bridgehead atoms. The van der Waals surface area contributed by atoms with Crippen molar-refractivity contribution in [3.63, 3.8) is 0 Å². The fraction of sp³-hybridized carbons (Fsp3) is 0.733. The lowest BCUT2D eigenvalue weighted by Gasteiger charge is -2.32. The molecule has 6 nitrogen and oxygen atoms in total. The van der Waals surface area contributed by atoms with Crippen molar-refractivity contribution in [2.75, 3.05) is 32.8 Å². The Bertz CT molecular complexity index is 484. The maximum absolute atomic E-state index is 11.1. The number of aromatic amines is 1. The molecule has 0 spiro atoms. The lowest BCUT2D eigenvalue weighted by atomic mass is 9.94. The molecule has 1 aliphatic heterocycles. The minimum atomic E-state index is -0.473. The predicted molar refractivity (Wildman–Crippen MR) is 79.1 cm³/mol. The number of likely N-dealkylation sites (tertiary alicyclic amines) is 1. The van der Waals surface area contributed by atoms with Crippen LogP contribution < -0.4 is 5.73 Å². The molecular formula is C15H24N4O2. The number of primary amides is 1. The zero-order valence-electron chi connectivity index (χ0n) is 12.4. The van der Waals surface area contributed by atoms with E-state index in [-0.39, 0.29) is 0 Å². The highest BCUT2D eigenvalue weighted by atomic mass is 16.5. The zero-order valence-corrected chi connectivity index (χ0v) is 12.4. The van der Waals surface area contributed by atoms with Crippen molar-refractivity contribution in [3.05, 3.63) is 17.5 Å². The van der Waals surface area contributed by atoms with Crippen molar-refractivity contribution in [2.45, 2.75) is 31.6 Å². The van der Waals surface area contributed by atoms with Gasteiger partial charge in [-0.3, -0.25) is 9.89 Å². The van der Waals surface area contributed by atoms with E-state index in [2.05, 4.69) is 15.1 Å². The maximum Gasteiger partial charge on any atom is 0.269 e. The molecule has 2 aliphatic rings. The third-order valence-corrected chi connectivity index (χ3v) is 4.40. The van der Waals surface area contributed by atoms with Crippen molar-refractivity contribution in [2.24, 2.45) is 11.7 Å². The summed E-state index contributed by atoms with van der Waals surface area (Å²) in [6.45, 7) is 4.85. The summed E-state index contributed by atoms with van der Waals surface area (Å²) in [5.41, 5.74) is 6.60. The Labute approximate surface area is 125 Å². The number of piperidine rings is 1. The molecule has 21 heavy (non-hydrogen) atoms. The first-order valence-electron chi connectivity index (χ1n) is 7.87. The largest absolute Gasteiger partial charge is 0.380 e. The summed E-state index contributed by atoms with van der Waals surface area (Å²) in [4.78, 5) is 13.5. The van der Waals surface area contributed by atoms with Gasteiger partial charge < -0.3 is 15.4 Å². The highest BCUT2D eigenvalue weighted by Crippen LogP contribution is 2.29. The van der Waals surface area contributed by atoms with E-state index in [0.717, 1.165) is 57.3 Å². The van der Waals surface area contributed by atoms with Crippen molar-refractivity contribution in [3.8, 4) is 0 Å². The Kier molecular flexibility index (Phi) is 4.55. The fourth-order valence-electron chi connectivity index (χ4n) is 2.91. The van der Waals surface area contributed by atoms with E-state index < -0.39 is 5.91 Å². The van der Waals surface area contributed by atoms with E-state index in [4.69, 9.17) is 10.5 Å². The second-order valence-corrected chi connectivity index (χ2v) is 6.23. The van der Waals surface area contributed by atoms with Gasteiger partial charge in [0.25, 0.3) is 5.91 Å². The molecule has 1 aromatic heterocycles. The first kappa shape index (κ1) is 14.5. The van der Waals surface area contributed by atoms with Crippen LogP contribution >= 0.6 is 0 Å². The number of aromatic nitrogens is 2. The van der Waals surface area contributed by atoms with Crippen LogP contribution in [-0.4, -0.2) is 53.9 Å². The molecule has 116 valence electrons. The van der Waals surface area contributed by atoms with Crippen LogP contribution in [0.2, 0.25) is 0 Å². The molecule has 1 aromatic rings. The minimum absolute atomic E-state index is 0.329. The summed E-state index contributed by atoms with van der Waals surface area (Å²) in [6, 6.07) is 1.79. The number of hydrogen-bond acceptors (Lipinski definition) is 4. The summed E-state index contributed by atoms with van der Waals surface area (Å²) in [5.74, 6) is 0.762. The SMILES string of the molecule is NC(=O)c1cc(C2CCCN(CCOCC3CC3)C2)[nH]n1. The first-order chi connectivity index (χ1) is 10.2. The smallest absolute Gasteiger partial charge is 0.269 e. The normalized spacial score (nSPS) is 23.3. The topological polar surface area (TPSA) is 84.2 Å². The van der Waals surface area contributed by atoms with E-state index in [9.17, 15) is 4.79 Å². The van der Waals surface area contributed by atoms with Crippen LogP contribution in [0.1, 0.15) is 47.8 Å². The monoisotopic (exact) mass is 292 g/mol. The average molecular weight is 292 g/mol. The van der Waals surface area contributed by atoms with Crippen molar-refractivity contribution in [1.29, 1.82) is 0 Å². The number of nitrogens with one attached hydrogen (secondary N) is 1. The molecule has 2 heterocycles. The van der Waals surface area contributed by atoms with Crippen LogP contribution in [0.4, 0.5) is 0 Å². The van der Waals surface area contributed by atoms with Crippen LogP contribution in [0.5, 0.6) is 0 Å². The third-order valence-electron chi connectivity index (χ3n) is 4.40. The number of rotatable bonds is 7. The summed E-state index contributed by atoms with van der Waals surface area (Å²) < 4.78 is 5.71. The number of carbonyl (C=O) groups is 1. The van der Waals surface area contributed by atoms with Gasteiger partial charge in [0.1, 0.15) is 5.69 Å². The van der Waals surface area contributed by atoms with Crippen molar-refractivity contribution in [1.82, 2.24) is 15.1 Å². The molecule has 3 N–H and O–H groups in total. The minimum Gasteiger partial charge on any atom is -0.380 e. The van der Waals surface area contributed by atoms with Gasteiger partial charge in [0.2, 0.25) is 0 Å². The van der Waals surface area contributed by atoms with Gasteiger partial charge in [-0.1, -0.05) is 0 Å². The lowest BCUT2D eigenvalue weighted by molar-refractivity contribution is 0.0861. The van der Waals surface area contributed by atoms with E-state index in [0.29, 0.717) is 11.6 Å². The molecule has 1 saturated carbocycles. The van der Waals surface area contributed by atoms with Gasteiger partial charge in [0.15, 0.2) is 0 Å². The number of nitrogens with zero attached hydrogens (tertiary/aromatic N) is 2. The van der Waals surface area contributed by atoms with Crippen molar-refractivity contribution < 1.29 is 9.53 Å². The summed E-state index contributed by atoms with van der Waals surface area (Å²) in [6.07, 6.45) is 4.97. The van der Waals surface area contributed by atoms with E-state index in [1.165, 1.54) is 12.8 Å². The molecule has 3 rings (SSSR count). The molecular weight excluding hydrogens is 268 g/mol. The average Bonchev–Trinajstić information content (AvgIpc) is 3.17. The summed E-state index contributed by atoms with van der Waals surface area (Å²) >= 11 is 0. The van der Waals surface area contributed by atoms with Gasteiger partial charge in [-0.25, -0.2) is 0 Å². The number of ether oxygens (including phenoxy) is 1. The molecule has 0 radical (unpaired) electrons. The highest BCUT2D eigenvalue weighted by molar-refractivity contribution is 5.90. The Hall–Kier alpha value is -1.40. The number of nitrogens with two attached hydrogens (primary N) is 1. The van der Waals surface area contributed by atoms with E-state index in [1.807, 2.05) is 0 Å². The zero-order chi connectivity index (χ0) is 14.7. The van der Waals surface area contributed by atoms with E-state index >= 15 is 0 Å². The lowest BCUT2D eigenvalue weighted by Crippen LogP contribution is -2.36.